The second kappa shape index (κ2) is 9.67. The number of methoxy groups -OCH3 is 1. The van der Waals surface area contributed by atoms with E-state index in [0.29, 0.717) is 5.56 Å². The first-order valence-corrected chi connectivity index (χ1v) is 11.3. The predicted octanol–water partition coefficient (Wildman–Crippen LogP) is 3.74. The van der Waals surface area contributed by atoms with E-state index < -0.39 is 16.0 Å². The van der Waals surface area contributed by atoms with Gasteiger partial charge in [0.25, 0.3) is 5.91 Å². The van der Waals surface area contributed by atoms with Gasteiger partial charge in [0.05, 0.1) is 7.11 Å². The van der Waals surface area contributed by atoms with Gasteiger partial charge in [-0.1, -0.05) is 36.6 Å². The maximum absolute atomic E-state index is 12.6. The molecule has 2 aromatic rings. The highest BCUT2D eigenvalue weighted by atomic mass is 32.2. The first-order chi connectivity index (χ1) is 14.8. The Labute approximate surface area is 182 Å². The number of carbonyl (C=O) groups excluding carboxylic acids is 1. The van der Waals surface area contributed by atoms with E-state index >= 15 is 0 Å². The Morgan fingerprint density at radius 1 is 1.13 bits per heavy atom. The number of aryl methyl sites for hydroxylation is 1. The molecule has 1 N–H and O–H groups in total. The Morgan fingerprint density at radius 3 is 2.42 bits per heavy atom. The Hall–Kier alpha value is -3.31. The number of benzene rings is 2. The van der Waals surface area contributed by atoms with Gasteiger partial charge in [0.2, 0.25) is 0 Å². The molecule has 1 saturated carbocycles. The van der Waals surface area contributed by atoms with Crippen molar-refractivity contribution in [3.8, 4) is 17.6 Å². The van der Waals surface area contributed by atoms with Gasteiger partial charge in [-0.3, -0.25) is 4.79 Å². The Balaban J connectivity index is 1.81. The van der Waals surface area contributed by atoms with E-state index in [1.54, 1.807) is 18.2 Å². The maximum Gasteiger partial charge on any atom is 0.339 e. The van der Waals surface area contributed by atoms with Gasteiger partial charge in [-0.2, -0.15) is 13.7 Å². The summed E-state index contributed by atoms with van der Waals surface area (Å²) < 4.78 is 35.6. The van der Waals surface area contributed by atoms with Crippen LogP contribution in [0.15, 0.2) is 52.9 Å². The Morgan fingerprint density at radius 2 is 1.81 bits per heavy atom. The summed E-state index contributed by atoms with van der Waals surface area (Å²) in [5.41, 5.74) is 1.41. The summed E-state index contributed by atoms with van der Waals surface area (Å²) in [6.45, 7) is 1.86. The summed E-state index contributed by atoms with van der Waals surface area (Å²) in [4.78, 5) is 12.4. The molecule has 0 spiro atoms. The summed E-state index contributed by atoms with van der Waals surface area (Å²) in [7, 11) is -2.66. The highest BCUT2D eigenvalue weighted by Gasteiger charge is 2.21. The molecule has 2 aromatic carbocycles. The first kappa shape index (κ1) is 22.4. The van der Waals surface area contributed by atoms with E-state index in [0.717, 1.165) is 31.2 Å². The number of carbonyl (C=O) groups is 1. The summed E-state index contributed by atoms with van der Waals surface area (Å²) in [6.07, 6.45) is 5.41. The lowest BCUT2D eigenvalue weighted by Gasteiger charge is -2.12. The standard InChI is InChI=1S/C23H24N2O5S/c1-16-7-10-20(11-8-16)31(27,28)30-21-12-9-17(14-22(21)29-2)13-18(15-24)23(26)25-19-5-3-4-6-19/h7-14,19H,3-6H2,1-2H3,(H,25,26)/b18-13+. The molecule has 31 heavy (non-hydrogen) atoms. The summed E-state index contributed by atoms with van der Waals surface area (Å²) in [5, 5.41) is 12.3. The van der Waals surface area contributed by atoms with Gasteiger partial charge in [0.1, 0.15) is 16.5 Å². The lowest BCUT2D eigenvalue weighted by Crippen LogP contribution is -2.33. The molecule has 7 nitrogen and oxygen atoms in total. The van der Waals surface area contributed by atoms with Gasteiger partial charge in [0.15, 0.2) is 11.5 Å². The van der Waals surface area contributed by atoms with E-state index in [2.05, 4.69) is 5.32 Å². The molecule has 1 amide bonds. The van der Waals surface area contributed by atoms with Crippen LogP contribution in [0.4, 0.5) is 0 Å². The number of ether oxygens (including phenoxy) is 1. The van der Waals surface area contributed by atoms with Crippen molar-refractivity contribution in [3.05, 3.63) is 59.2 Å². The monoisotopic (exact) mass is 440 g/mol. The highest BCUT2D eigenvalue weighted by molar-refractivity contribution is 7.87. The molecular weight excluding hydrogens is 416 g/mol. The van der Waals surface area contributed by atoms with Gasteiger partial charge in [-0.25, -0.2) is 0 Å². The van der Waals surface area contributed by atoms with Crippen molar-refractivity contribution in [1.29, 1.82) is 5.26 Å². The van der Waals surface area contributed by atoms with Crippen molar-refractivity contribution in [3.63, 3.8) is 0 Å². The quantitative estimate of drug-likeness (QED) is 0.399. The van der Waals surface area contributed by atoms with E-state index in [4.69, 9.17) is 8.92 Å². The molecule has 1 fully saturated rings. The van der Waals surface area contributed by atoms with Crippen molar-refractivity contribution in [1.82, 2.24) is 5.32 Å². The van der Waals surface area contributed by atoms with Crippen LogP contribution >= 0.6 is 0 Å². The van der Waals surface area contributed by atoms with Crippen molar-refractivity contribution in [2.75, 3.05) is 7.11 Å². The van der Waals surface area contributed by atoms with E-state index in [-0.39, 0.29) is 28.0 Å². The third kappa shape index (κ3) is 5.64. The smallest absolute Gasteiger partial charge is 0.339 e. The van der Waals surface area contributed by atoms with Crippen LogP contribution in [0.3, 0.4) is 0 Å². The van der Waals surface area contributed by atoms with Gasteiger partial charge in [-0.15, -0.1) is 0 Å². The largest absolute Gasteiger partial charge is 0.493 e. The number of hydrogen-bond donors (Lipinski definition) is 1. The number of rotatable bonds is 7. The van der Waals surface area contributed by atoms with E-state index in [9.17, 15) is 18.5 Å². The SMILES string of the molecule is COc1cc(/C=C(\C#N)C(=O)NC2CCCC2)ccc1OS(=O)(=O)c1ccc(C)cc1. The Bertz CT molecular complexity index is 1130. The zero-order chi connectivity index (χ0) is 22.4. The minimum Gasteiger partial charge on any atom is -0.493 e. The predicted molar refractivity (Wildman–Crippen MR) is 116 cm³/mol. The first-order valence-electron chi connectivity index (χ1n) is 9.94. The average Bonchev–Trinajstić information content (AvgIpc) is 3.26. The van der Waals surface area contributed by atoms with Crippen molar-refractivity contribution in [2.45, 2.75) is 43.5 Å². The molecule has 8 heteroatoms. The third-order valence-corrected chi connectivity index (χ3v) is 6.31. The zero-order valence-electron chi connectivity index (χ0n) is 17.4. The maximum atomic E-state index is 12.6. The summed E-state index contributed by atoms with van der Waals surface area (Å²) in [5.74, 6) is -0.247. The van der Waals surface area contributed by atoms with Crippen LogP contribution in [0.25, 0.3) is 6.08 Å². The van der Waals surface area contributed by atoms with Crippen LogP contribution in [0, 0.1) is 18.3 Å². The molecule has 0 bridgehead atoms. The number of hydrogen-bond acceptors (Lipinski definition) is 6. The molecule has 0 radical (unpaired) electrons. The molecule has 1 aliphatic rings. The lowest BCUT2D eigenvalue weighted by molar-refractivity contribution is -0.117. The minimum absolute atomic E-state index is 0.00846. The highest BCUT2D eigenvalue weighted by Crippen LogP contribution is 2.31. The average molecular weight is 441 g/mol. The topological polar surface area (TPSA) is 105 Å². The minimum atomic E-state index is -4.04. The number of amides is 1. The summed E-state index contributed by atoms with van der Waals surface area (Å²) >= 11 is 0. The number of nitrogens with zero attached hydrogens (tertiary/aromatic N) is 1. The fraction of sp³-hybridized carbons (Fsp3) is 0.304. The van der Waals surface area contributed by atoms with Gasteiger partial charge in [0, 0.05) is 6.04 Å². The fourth-order valence-electron chi connectivity index (χ4n) is 3.36. The van der Waals surface area contributed by atoms with Crippen LogP contribution in [0.5, 0.6) is 11.5 Å². The van der Waals surface area contributed by atoms with Crippen molar-refractivity contribution in [2.24, 2.45) is 0 Å². The second-order valence-corrected chi connectivity index (χ2v) is 8.93. The molecule has 0 unspecified atom stereocenters. The van der Waals surface area contributed by atoms with Crippen LogP contribution < -0.4 is 14.2 Å². The lowest BCUT2D eigenvalue weighted by atomic mass is 10.1. The van der Waals surface area contributed by atoms with Gasteiger partial charge >= 0.3 is 10.1 Å². The number of nitrogens with one attached hydrogen (secondary N) is 1. The second-order valence-electron chi connectivity index (χ2n) is 7.39. The molecule has 0 atom stereocenters. The fourth-order valence-corrected chi connectivity index (χ4v) is 4.30. The van der Waals surface area contributed by atoms with Crippen molar-refractivity contribution < 1.29 is 22.1 Å². The van der Waals surface area contributed by atoms with Gasteiger partial charge < -0.3 is 14.2 Å². The van der Waals surface area contributed by atoms with Crippen LogP contribution in [0.1, 0.15) is 36.8 Å². The van der Waals surface area contributed by atoms with E-state index in [1.807, 2.05) is 13.0 Å². The molecular formula is C23H24N2O5S. The zero-order valence-corrected chi connectivity index (χ0v) is 18.2. The van der Waals surface area contributed by atoms with Gasteiger partial charge in [-0.05, 0) is 55.7 Å². The molecule has 1 aliphatic carbocycles. The molecule has 3 rings (SSSR count). The molecule has 0 saturated heterocycles. The molecule has 162 valence electrons. The summed E-state index contributed by atoms with van der Waals surface area (Å²) in [6, 6.07) is 12.8. The van der Waals surface area contributed by atoms with Crippen LogP contribution in [-0.4, -0.2) is 27.5 Å². The normalized spacial score (nSPS) is 14.7. The molecule has 0 aromatic heterocycles. The number of nitriles is 1. The van der Waals surface area contributed by atoms with Crippen LogP contribution in [-0.2, 0) is 14.9 Å². The molecule has 0 aliphatic heterocycles. The Kier molecular flexibility index (Phi) is 6.98. The van der Waals surface area contributed by atoms with E-state index in [1.165, 1.54) is 37.5 Å². The van der Waals surface area contributed by atoms with Crippen LogP contribution in [0.2, 0.25) is 0 Å². The van der Waals surface area contributed by atoms with Crippen molar-refractivity contribution >= 4 is 22.1 Å². The molecule has 0 heterocycles. The third-order valence-electron chi connectivity index (χ3n) is 5.06.